The lowest BCUT2D eigenvalue weighted by molar-refractivity contribution is -0.134. The maximum Gasteiger partial charge on any atom is 0.297 e. The minimum absolute atomic E-state index is 0.148. The lowest BCUT2D eigenvalue weighted by Gasteiger charge is -2.38. The number of rotatable bonds is 5. The average molecular weight is 496 g/mol. The molecule has 8 nitrogen and oxygen atoms in total. The van der Waals surface area contributed by atoms with E-state index in [0.717, 1.165) is 22.1 Å². The van der Waals surface area contributed by atoms with Gasteiger partial charge in [0.15, 0.2) is 11.5 Å². The van der Waals surface area contributed by atoms with Crippen molar-refractivity contribution in [3.05, 3.63) is 100 Å². The van der Waals surface area contributed by atoms with Crippen LogP contribution in [0.2, 0.25) is 0 Å². The number of hydrogen-bond donors (Lipinski definition) is 0. The molecule has 3 aromatic carbocycles. The minimum Gasteiger partial charge on any atom is -0.493 e. The molecule has 37 heavy (non-hydrogen) atoms. The Morgan fingerprint density at radius 3 is 2.54 bits per heavy atom. The van der Waals surface area contributed by atoms with Crippen LogP contribution in [0.4, 0.5) is 0 Å². The van der Waals surface area contributed by atoms with E-state index in [0.29, 0.717) is 35.6 Å². The van der Waals surface area contributed by atoms with Crippen LogP contribution in [0, 0.1) is 0 Å². The first-order valence-corrected chi connectivity index (χ1v) is 12.0. The summed E-state index contributed by atoms with van der Waals surface area (Å²) in [4.78, 5) is 33.3. The molecule has 3 heterocycles. The second-order valence-corrected chi connectivity index (χ2v) is 9.01. The van der Waals surface area contributed by atoms with Crippen LogP contribution >= 0.6 is 0 Å². The molecule has 8 heteroatoms. The molecule has 1 aliphatic heterocycles. The van der Waals surface area contributed by atoms with Crippen molar-refractivity contribution in [3.63, 3.8) is 0 Å². The Balaban J connectivity index is 1.39. The lowest BCUT2D eigenvalue weighted by atomic mass is 9.87. The maximum atomic E-state index is 13.8. The normalized spacial score (nSPS) is 15.1. The number of fused-ring (bicyclic) bond motifs is 4. The summed E-state index contributed by atoms with van der Waals surface area (Å²) in [7, 11) is 3.21. The first kappa shape index (κ1) is 22.8. The third kappa shape index (κ3) is 3.81. The number of nitrogens with zero attached hydrogens (tertiary/aromatic N) is 3. The standard InChI is InChI=1S/C29H25N3O5/c1-35-23-14-19-12-13-32(27(18-8-4-3-5-9-18)21(19)15-24(23)36-2)25(33)16-31-17-30-26-20-10-6-7-11-22(20)37-28(26)29(31)34/h3-11,14-15,17,27H,12-13,16H2,1-2H3. The highest BCUT2D eigenvalue weighted by Crippen LogP contribution is 2.41. The van der Waals surface area contributed by atoms with Gasteiger partial charge in [0, 0.05) is 11.9 Å². The van der Waals surface area contributed by atoms with Crippen LogP contribution < -0.4 is 15.0 Å². The van der Waals surface area contributed by atoms with Gasteiger partial charge in [0.2, 0.25) is 11.5 Å². The maximum absolute atomic E-state index is 13.8. The van der Waals surface area contributed by atoms with Gasteiger partial charge in [-0.05, 0) is 47.4 Å². The molecular formula is C29H25N3O5. The van der Waals surface area contributed by atoms with Gasteiger partial charge < -0.3 is 18.8 Å². The molecule has 0 saturated heterocycles. The second-order valence-electron chi connectivity index (χ2n) is 9.01. The van der Waals surface area contributed by atoms with Crippen molar-refractivity contribution < 1.29 is 18.7 Å². The van der Waals surface area contributed by atoms with E-state index in [1.807, 2.05) is 65.6 Å². The smallest absolute Gasteiger partial charge is 0.297 e. The van der Waals surface area contributed by atoms with Crippen molar-refractivity contribution in [2.45, 2.75) is 19.0 Å². The summed E-state index contributed by atoms with van der Waals surface area (Å²) in [5, 5.41) is 0.772. The highest BCUT2D eigenvalue weighted by Gasteiger charge is 2.33. The predicted molar refractivity (Wildman–Crippen MR) is 139 cm³/mol. The number of para-hydroxylation sites is 1. The van der Waals surface area contributed by atoms with Gasteiger partial charge in [0.05, 0.1) is 26.6 Å². The molecular weight excluding hydrogens is 470 g/mol. The van der Waals surface area contributed by atoms with E-state index in [1.165, 1.54) is 10.9 Å². The fourth-order valence-corrected chi connectivity index (χ4v) is 5.17. The molecule has 1 atom stereocenters. The summed E-state index contributed by atoms with van der Waals surface area (Å²) < 4.78 is 18.2. The Labute approximate surface area is 212 Å². The van der Waals surface area contributed by atoms with Gasteiger partial charge in [-0.1, -0.05) is 42.5 Å². The van der Waals surface area contributed by atoms with E-state index >= 15 is 0 Å². The molecule has 0 fully saturated rings. The Kier molecular flexibility index (Phi) is 5.64. The average Bonchev–Trinajstić information content (AvgIpc) is 3.33. The SMILES string of the molecule is COc1cc2c(cc1OC)C(c1ccccc1)N(C(=O)Cn1cnc3c(oc4ccccc43)c1=O)CC2. The van der Waals surface area contributed by atoms with Crippen molar-refractivity contribution in [2.24, 2.45) is 0 Å². The number of carbonyl (C=O) groups excluding carboxylic acids is 1. The molecule has 0 saturated carbocycles. The third-order valence-electron chi connectivity index (χ3n) is 6.97. The molecule has 6 rings (SSSR count). The fourth-order valence-electron chi connectivity index (χ4n) is 5.17. The second kappa shape index (κ2) is 9.13. The molecule has 1 aliphatic rings. The zero-order valence-corrected chi connectivity index (χ0v) is 20.5. The van der Waals surface area contributed by atoms with Crippen LogP contribution in [0.15, 0.2) is 82.3 Å². The van der Waals surface area contributed by atoms with Crippen molar-refractivity contribution >= 4 is 28.0 Å². The van der Waals surface area contributed by atoms with Gasteiger partial charge in [0.25, 0.3) is 5.56 Å². The highest BCUT2D eigenvalue weighted by molar-refractivity contribution is 6.01. The highest BCUT2D eigenvalue weighted by atomic mass is 16.5. The van der Waals surface area contributed by atoms with Gasteiger partial charge in [-0.3, -0.25) is 14.2 Å². The van der Waals surface area contributed by atoms with Gasteiger partial charge in [0.1, 0.15) is 17.6 Å². The Hall–Kier alpha value is -4.59. The van der Waals surface area contributed by atoms with Crippen molar-refractivity contribution in [2.75, 3.05) is 20.8 Å². The van der Waals surface area contributed by atoms with E-state index in [4.69, 9.17) is 13.9 Å². The summed E-state index contributed by atoms with van der Waals surface area (Å²) in [6, 6.07) is 20.8. The van der Waals surface area contributed by atoms with E-state index < -0.39 is 0 Å². The summed E-state index contributed by atoms with van der Waals surface area (Å²) in [6.07, 6.45) is 2.08. The zero-order valence-electron chi connectivity index (χ0n) is 20.5. The van der Waals surface area contributed by atoms with Crippen LogP contribution in [0.5, 0.6) is 11.5 Å². The van der Waals surface area contributed by atoms with E-state index in [-0.39, 0.29) is 29.6 Å². The number of benzene rings is 3. The molecule has 0 spiro atoms. The van der Waals surface area contributed by atoms with Crippen molar-refractivity contribution in [1.29, 1.82) is 0 Å². The number of ether oxygens (including phenoxy) is 2. The molecule has 0 aliphatic carbocycles. The van der Waals surface area contributed by atoms with Crippen LogP contribution in [-0.4, -0.2) is 41.1 Å². The number of aromatic nitrogens is 2. The molecule has 0 N–H and O–H groups in total. The quantitative estimate of drug-likeness (QED) is 0.361. The van der Waals surface area contributed by atoms with Crippen LogP contribution in [0.1, 0.15) is 22.7 Å². The van der Waals surface area contributed by atoms with Gasteiger partial charge >= 0.3 is 0 Å². The number of methoxy groups -OCH3 is 2. The Bertz CT molecular complexity index is 1690. The summed E-state index contributed by atoms with van der Waals surface area (Å²) in [6.45, 7) is 0.348. The minimum atomic E-state index is -0.380. The number of furan rings is 1. The lowest BCUT2D eigenvalue weighted by Crippen LogP contribution is -2.43. The van der Waals surface area contributed by atoms with Crippen LogP contribution in [-0.2, 0) is 17.8 Å². The summed E-state index contributed by atoms with van der Waals surface area (Å²) in [5.41, 5.74) is 3.90. The largest absolute Gasteiger partial charge is 0.493 e. The molecule has 1 amide bonds. The van der Waals surface area contributed by atoms with E-state index in [1.54, 1.807) is 20.3 Å². The van der Waals surface area contributed by atoms with Gasteiger partial charge in [-0.15, -0.1) is 0 Å². The fraction of sp³-hybridized carbons (Fsp3) is 0.207. The monoisotopic (exact) mass is 495 g/mol. The van der Waals surface area contributed by atoms with Crippen LogP contribution in [0.25, 0.3) is 22.1 Å². The first-order valence-electron chi connectivity index (χ1n) is 12.0. The Morgan fingerprint density at radius 2 is 1.76 bits per heavy atom. The molecule has 1 unspecified atom stereocenters. The Morgan fingerprint density at radius 1 is 1.03 bits per heavy atom. The topological polar surface area (TPSA) is 86.8 Å². The van der Waals surface area contributed by atoms with Crippen molar-refractivity contribution in [3.8, 4) is 11.5 Å². The molecule has 186 valence electrons. The van der Waals surface area contributed by atoms with Crippen molar-refractivity contribution in [1.82, 2.24) is 14.5 Å². The molecule has 2 aromatic heterocycles. The number of amides is 1. The first-order chi connectivity index (χ1) is 18.1. The zero-order chi connectivity index (χ0) is 25.5. The number of carbonyl (C=O) groups is 1. The van der Waals surface area contributed by atoms with Gasteiger partial charge in [-0.2, -0.15) is 0 Å². The summed E-state index contributed by atoms with van der Waals surface area (Å²) in [5.74, 6) is 1.07. The summed E-state index contributed by atoms with van der Waals surface area (Å²) >= 11 is 0. The number of hydrogen-bond acceptors (Lipinski definition) is 6. The van der Waals surface area contributed by atoms with E-state index in [9.17, 15) is 9.59 Å². The van der Waals surface area contributed by atoms with Crippen LogP contribution in [0.3, 0.4) is 0 Å². The molecule has 0 radical (unpaired) electrons. The third-order valence-corrected chi connectivity index (χ3v) is 6.97. The predicted octanol–water partition coefficient (Wildman–Crippen LogP) is 4.33. The van der Waals surface area contributed by atoms with E-state index in [2.05, 4.69) is 4.98 Å². The molecule has 5 aromatic rings. The molecule has 0 bridgehead atoms. The van der Waals surface area contributed by atoms with Gasteiger partial charge in [-0.25, -0.2) is 4.98 Å².